The Bertz CT molecular complexity index is 1290. The van der Waals surface area contributed by atoms with Crippen molar-refractivity contribution in [1.82, 2.24) is 0 Å². The molecule has 0 nitrogen and oxygen atoms in total. The molecule has 0 amide bonds. The molecule has 2 aliphatic rings. The number of rotatable bonds is 0. The lowest BCUT2D eigenvalue weighted by Gasteiger charge is -2.19. The Kier molecular flexibility index (Phi) is 4.27. The van der Waals surface area contributed by atoms with Gasteiger partial charge >= 0.3 is 0 Å². The van der Waals surface area contributed by atoms with E-state index in [0.29, 0.717) is 11.8 Å². The Hall–Kier alpha value is -1.90. The van der Waals surface area contributed by atoms with Crippen LogP contribution in [0.2, 0.25) is 0 Å². The zero-order chi connectivity index (χ0) is 20.6. The van der Waals surface area contributed by atoms with Crippen LogP contribution >= 0.6 is 31.9 Å². The summed E-state index contributed by atoms with van der Waals surface area (Å²) in [6.45, 7) is 4.83. The van der Waals surface area contributed by atoms with Gasteiger partial charge in [0.1, 0.15) is 0 Å². The predicted molar refractivity (Wildman–Crippen MR) is 136 cm³/mol. The van der Waals surface area contributed by atoms with Crippen LogP contribution in [0.1, 0.15) is 36.1 Å². The molecular formula is C28H22Br2. The number of halogens is 2. The standard InChI is InChI=1S/C28H22Br2/c1-15-11-19-5-3-17-13-21(29)7-9-23(17)27(19)25(15)26-16(2)12-20-6-4-18-14-22(30)8-10-24(18)28(20)26/h3-10,13-16H,11-12H2,1-2H3/b26-25+/t15-,16-/m0/s1. The maximum Gasteiger partial charge on any atom is 0.0181 e. The van der Waals surface area contributed by atoms with Crippen LogP contribution in [0.5, 0.6) is 0 Å². The van der Waals surface area contributed by atoms with E-state index in [1.165, 1.54) is 43.8 Å². The Labute approximate surface area is 194 Å². The lowest BCUT2D eigenvalue weighted by molar-refractivity contribution is 0.754. The molecule has 0 radical (unpaired) electrons. The van der Waals surface area contributed by atoms with Crippen molar-refractivity contribution in [3.05, 3.63) is 91.9 Å². The van der Waals surface area contributed by atoms with Gasteiger partial charge in [0, 0.05) is 8.95 Å². The molecule has 4 aromatic rings. The van der Waals surface area contributed by atoms with E-state index in [0.717, 1.165) is 21.8 Å². The van der Waals surface area contributed by atoms with E-state index in [-0.39, 0.29) is 0 Å². The summed E-state index contributed by atoms with van der Waals surface area (Å²) in [5, 5.41) is 5.43. The normalized spacial score (nSPS) is 22.7. The Morgan fingerprint density at radius 2 is 1.03 bits per heavy atom. The molecule has 0 fully saturated rings. The molecule has 0 heterocycles. The van der Waals surface area contributed by atoms with E-state index in [1.54, 1.807) is 11.1 Å². The van der Waals surface area contributed by atoms with Crippen molar-refractivity contribution in [2.75, 3.05) is 0 Å². The first-order valence-electron chi connectivity index (χ1n) is 10.7. The van der Waals surface area contributed by atoms with Crippen LogP contribution in [0.25, 0.3) is 32.7 Å². The summed E-state index contributed by atoms with van der Waals surface area (Å²) in [5.41, 5.74) is 9.17. The van der Waals surface area contributed by atoms with Gasteiger partial charge in [0.25, 0.3) is 0 Å². The van der Waals surface area contributed by atoms with Gasteiger partial charge in [0.15, 0.2) is 0 Å². The van der Waals surface area contributed by atoms with Gasteiger partial charge in [-0.25, -0.2) is 0 Å². The summed E-state index contributed by atoms with van der Waals surface area (Å²) < 4.78 is 2.29. The second kappa shape index (κ2) is 6.80. The zero-order valence-corrected chi connectivity index (χ0v) is 20.3. The van der Waals surface area contributed by atoms with Crippen LogP contribution in [0.4, 0.5) is 0 Å². The SMILES string of the molecule is C[C@H]1Cc2ccc3cc(Br)ccc3c2/C1=C1/c2c(ccc3cc(Br)ccc23)C[C@@H]1C. The van der Waals surface area contributed by atoms with Gasteiger partial charge in [-0.15, -0.1) is 0 Å². The predicted octanol–water partition coefficient (Wildman–Crippen LogP) is 8.81. The van der Waals surface area contributed by atoms with E-state index in [4.69, 9.17) is 0 Å². The Morgan fingerprint density at radius 1 is 0.600 bits per heavy atom. The summed E-state index contributed by atoms with van der Waals surface area (Å²) in [7, 11) is 0. The van der Waals surface area contributed by atoms with Crippen molar-refractivity contribution in [1.29, 1.82) is 0 Å². The summed E-state index contributed by atoms with van der Waals surface area (Å²) in [5.74, 6) is 1.09. The molecule has 148 valence electrons. The van der Waals surface area contributed by atoms with Crippen molar-refractivity contribution in [2.45, 2.75) is 26.7 Å². The number of allylic oxidation sites excluding steroid dienone is 2. The molecular weight excluding hydrogens is 496 g/mol. The first kappa shape index (κ1) is 18.8. The van der Waals surface area contributed by atoms with Crippen LogP contribution in [-0.2, 0) is 12.8 Å². The lowest BCUT2D eigenvalue weighted by atomic mass is 9.85. The minimum Gasteiger partial charge on any atom is -0.0581 e. The summed E-state index contributed by atoms with van der Waals surface area (Å²) in [4.78, 5) is 0. The Balaban J connectivity index is 1.72. The van der Waals surface area contributed by atoms with E-state index >= 15 is 0 Å². The molecule has 0 unspecified atom stereocenters. The van der Waals surface area contributed by atoms with Gasteiger partial charge < -0.3 is 0 Å². The maximum atomic E-state index is 3.65. The van der Waals surface area contributed by atoms with Gasteiger partial charge in [-0.2, -0.15) is 0 Å². The van der Waals surface area contributed by atoms with Crippen LogP contribution < -0.4 is 0 Å². The average Bonchev–Trinajstić information content (AvgIpc) is 3.22. The second-order valence-electron chi connectivity index (χ2n) is 8.97. The molecule has 0 saturated carbocycles. The van der Waals surface area contributed by atoms with E-state index in [9.17, 15) is 0 Å². The van der Waals surface area contributed by atoms with Crippen LogP contribution in [-0.4, -0.2) is 0 Å². The fourth-order valence-electron chi connectivity index (χ4n) is 5.82. The molecule has 0 bridgehead atoms. The minimum atomic E-state index is 0.545. The molecule has 2 atom stereocenters. The van der Waals surface area contributed by atoms with Crippen molar-refractivity contribution in [2.24, 2.45) is 11.8 Å². The monoisotopic (exact) mass is 516 g/mol. The molecule has 6 rings (SSSR count). The highest BCUT2D eigenvalue weighted by atomic mass is 79.9. The lowest BCUT2D eigenvalue weighted by Crippen LogP contribution is -2.01. The van der Waals surface area contributed by atoms with E-state index in [1.807, 2.05) is 0 Å². The summed E-state index contributed by atoms with van der Waals surface area (Å²) >= 11 is 7.31. The maximum absolute atomic E-state index is 3.65. The average molecular weight is 518 g/mol. The van der Waals surface area contributed by atoms with E-state index in [2.05, 4.69) is 106 Å². The smallest absolute Gasteiger partial charge is 0.0181 e. The fraction of sp³-hybridized carbons (Fsp3) is 0.214. The van der Waals surface area contributed by atoms with Gasteiger partial charge in [0.2, 0.25) is 0 Å². The third-order valence-electron chi connectivity index (χ3n) is 7.00. The third kappa shape index (κ3) is 2.70. The van der Waals surface area contributed by atoms with Crippen molar-refractivity contribution in [3.63, 3.8) is 0 Å². The topological polar surface area (TPSA) is 0 Å². The third-order valence-corrected chi connectivity index (χ3v) is 7.99. The van der Waals surface area contributed by atoms with Gasteiger partial charge in [0.05, 0.1) is 0 Å². The largest absolute Gasteiger partial charge is 0.0581 e. The van der Waals surface area contributed by atoms with Crippen LogP contribution in [0, 0.1) is 11.8 Å². The molecule has 30 heavy (non-hydrogen) atoms. The number of benzene rings is 4. The molecule has 0 spiro atoms. The second-order valence-corrected chi connectivity index (χ2v) is 10.8. The number of hydrogen-bond donors (Lipinski definition) is 0. The molecule has 4 aromatic carbocycles. The summed E-state index contributed by atoms with van der Waals surface area (Å²) in [6, 6.07) is 22.8. The Morgan fingerprint density at radius 3 is 1.47 bits per heavy atom. The molecule has 0 N–H and O–H groups in total. The number of fused-ring (bicyclic) bond motifs is 6. The van der Waals surface area contributed by atoms with Crippen molar-refractivity contribution >= 4 is 64.6 Å². The fourth-order valence-corrected chi connectivity index (χ4v) is 6.58. The first-order chi connectivity index (χ1) is 14.5. The first-order valence-corrected chi connectivity index (χ1v) is 12.3. The van der Waals surface area contributed by atoms with Crippen molar-refractivity contribution < 1.29 is 0 Å². The minimum absolute atomic E-state index is 0.545. The van der Waals surface area contributed by atoms with Gasteiger partial charge in [-0.3, -0.25) is 0 Å². The van der Waals surface area contributed by atoms with E-state index < -0.39 is 0 Å². The zero-order valence-electron chi connectivity index (χ0n) is 17.1. The molecule has 0 saturated heterocycles. The van der Waals surface area contributed by atoms with Gasteiger partial charge in [-0.1, -0.05) is 82.1 Å². The van der Waals surface area contributed by atoms with Crippen molar-refractivity contribution in [3.8, 4) is 0 Å². The number of hydrogen-bond acceptors (Lipinski definition) is 0. The van der Waals surface area contributed by atoms with Crippen LogP contribution in [0.15, 0.2) is 69.6 Å². The van der Waals surface area contributed by atoms with Crippen LogP contribution in [0.3, 0.4) is 0 Å². The highest BCUT2D eigenvalue weighted by molar-refractivity contribution is 9.10. The molecule has 0 aliphatic heterocycles. The summed E-state index contributed by atoms with van der Waals surface area (Å²) in [6.07, 6.45) is 2.27. The molecule has 2 aliphatic carbocycles. The van der Waals surface area contributed by atoms with Gasteiger partial charge in [-0.05, 0) is 104 Å². The quantitative estimate of drug-likeness (QED) is 0.218. The highest BCUT2D eigenvalue weighted by Gasteiger charge is 2.34. The molecule has 2 heteroatoms. The highest BCUT2D eigenvalue weighted by Crippen LogP contribution is 2.52. The molecule has 0 aromatic heterocycles.